The van der Waals surface area contributed by atoms with Gasteiger partial charge < -0.3 is 20.7 Å². The summed E-state index contributed by atoms with van der Waals surface area (Å²) < 4.78 is 4.97. The first-order valence-electron chi connectivity index (χ1n) is 6.57. The molecule has 0 heterocycles. The van der Waals surface area contributed by atoms with Crippen molar-refractivity contribution < 1.29 is 9.53 Å². The van der Waals surface area contributed by atoms with Gasteiger partial charge in [0.05, 0.1) is 23.5 Å². The van der Waals surface area contributed by atoms with Crippen LogP contribution in [0.25, 0.3) is 0 Å². The zero-order valence-corrected chi connectivity index (χ0v) is 11.9. The third kappa shape index (κ3) is 4.79. The quantitative estimate of drug-likeness (QED) is 0.581. The molecule has 106 valence electrons. The fourth-order valence-electron chi connectivity index (χ4n) is 1.59. The molecule has 0 unspecified atom stereocenters. The molecule has 0 atom stereocenters. The Hall–Kier alpha value is -1.75. The predicted molar refractivity (Wildman–Crippen MR) is 78.5 cm³/mol. The number of carbonyl (C=O) groups is 1. The van der Waals surface area contributed by atoms with E-state index in [1.54, 1.807) is 25.1 Å². The first kappa shape index (κ1) is 15.3. The van der Waals surface area contributed by atoms with Gasteiger partial charge in [-0.25, -0.2) is 4.79 Å². The summed E-state index contributed by atoms with van der Waals surface area (Å²) in [5.41, 5.74) is 7.81. The molecule has 1 aromatic rings. The molecule has 0 spiro atoms. The summed E-state index contributed by atoms with van der Waals surface area (Å²) in [5, 5.41) is 3.24. The van der Waals surface area contributed by atoms with Crippen LogP contribution in [0.4, 0.5) is 11.4 Å². The van der Waals surface area contributed by atoms with Gasteiger partial charge in [-0.2, -0.15) is 0 Å². The Morgan fingerprint density at radius 3 is 2.79 bits per heavy atom. The Bertz CT molecular complexity index is 421. The third-order valence-electron chi connectivity index (χ3n) is 2.91. The lowest BCUT2D eigenvalue weighted by Crippen LogP contribution is -2.25. The number of nitrogens with zero attached hydrogens (tertiary/aromatic N) is 1. The molecule has 0 bridgehead atoms. The maximum Gasteiger partial charge on any atom is 0.338 e. The molecule has 0 aromatic heterocycles. The van der Waals surface area contributed by atoms with Crippen LogP contribution >= 0.6 is 0 Å². The molecule has 5 nitrogen and oxygen atoms in total. The standard InChI is InChI=1S/C14H23N3O2/c1-4-17(3)9-8-16-13-10-11(6-7-12(13)15)14(18)19-5-2/h6-7,10,16H,4-5,8-9,15H2,1-3H3. The molecule has 0 fully saturated rings. The lowest BCUT2D eigenvalue weighted by Gasteiger charge is -2.16. The van der Waals surface area contributed by atoms with E-state index in [2.05, 4.69) is 24.2 Å². The second kappa shape index (κ2) is 7.63. The van der Waals surface area contributed by atoms with Crippen LogP contribution in [0.3, 0.4) is 0 Å². The van der Waals surface area contributed by atoms with Gasteiger partial charge in [-0.05, 0) is 38.7 Å². The number of nitrogens with two attached hydrogens (primary N) is 1. The fourth-order valence-corrected chi connectivity index (χ4v) is 1.59. The molecule has 0 aliphatic heterocycles. The van der Waals surface area contributed by atoms with Gasteiger partial charge in [0.2, 0.25) is 0 Å². The van der Waals surface area contributed by atoms with Crippen molar-refractivity contribution in [1.29, 1.82) is 0 Å². The average molecular weight is 265 g/mol. The van der Waals surface area contributed by atoms with Crippen molar-refractivity contribution in [3.8, 4) is 0 Å². The number of likely N-dealkylation sites (N-methyl/N-ethyl adjacent to an activating group) is 1. The van der Waals surface area contributed by atoms with E-state index in [9.17, 15) is 4.79 Å². The Labute approximate surface area is 114 Å². The zero-order chi connectivity index (χ0) is 14.3. The summed E-state index contributed by atoms with van der Waals surface area (Å²) in [6, 6.07) is 5.13. The summed E-state index contributed by atoms with van der Waals surface area (Å²) in [6.45, 7) is 6.96. The molecular weight excluding hydrogens is 242 g/mol. The first-order valence-corrected chi connectivity index (χ1v) is 6.57. The van der Waals surface area contributed by atoms with Gasteiger partial charge in [-0.15, -0.1) is 0 Å². The Morgan fingerprint density at radius 2 is 2.16 bits per heavy atom. The molecule has 0 saturated heterocycles. The monoisotopic (exact) mass is 265 g/mol. The minimum absolute atomic E-state index is 0.323. The molecule has 0 radical (unpaired) electrons. The van der Waals surface area contributed by atoms with Crippen LogP contribution in [0.5, 0.6) is 0 Å². The number of carbonyl (C=O) groups excluding carboxylic acids is 1. The Balaban J connectivity index is 2.66. The SMILES string of the molecule is CCOC(=O)c1ccc(N)c(NCCN(C)CC)c1. The van der Waals surface area contributed by atoms with E-state index in [0.717, 1.165) is 25.3 Å². The lowest BCUT2D eigenvalue weighted by molar-refractivity contribution is 0.0526. The van der Waals surface area contributed by atoms with Crippen molar-refractivity contribution in [3.05, 3.63) is 23.8 Å². The number of nitrogen functional groups attached to an aromatic ring is 1. The summed E-state index contributed by atoms with van der Waals surface area (Å²) in [7, 11) is 2.06. The molecule has 1 aromatic carbocycles. The van der Waals surface area contributed by atoms with E-state index in [1.165, 1.54) is 0 Å². The molecule has 5 heteroatoms. The van der Waals surface area contributed by atoms with E-state index < -0.39 is 0 Å². The topological polar surface area (TPSA) is 67.6 Å². The van der Waals surface area contributed by atoms with Crippen LogP contribution in [-0.4, -0.2) is 44.2 Å². The lowest BCUT2D eigenvalue weighted by atomic mass is 10.1. The van der Waals surface area contributed by atoms with Crippen LogP contribution < -0.4 is 11.1 Å². The van der Waals surface area contributed by atoms with Crippen LogP contribution in [-0.2, 0) is 4.74 Å². The van der Waals surface area contributed by atoms with Gasteiger partial charge in [0, 0.05) is 13.1 Å². The molecule has 0 aliphatic rings. The smallest absolute Gasteiger partial charge is 0.338 e. The number of esters is 1. The van der Waals surface area contributed by atoms with Gasteiger partial charge in [-0.3, -0.25) is 0 Å². The van der Waals surface area contributed by atoms with Gasteiger partial charge >= 0.3 is 5.97 Å². The highest BCUT2D eigenvalue weighted by Crippen LogP contribution is 2.20. The second-order valence-corrected chi connectivity index (χ2v) is 4.35. The highest BCUT2D eigenvalue weighted by Gasteiger charge is 2.09. The number of benzene rings is 1. The maximum absolute atomic E-state index is 11.6. The summed E-state index contributed by atoms with van der Waals surface area (Å²) in [6.07, 6.45) is 0. The number of hydrogen-bond donors (Lipinski definition) is 2. The van der Waals surface area contributed by atoms with Crippen molar-refractivity contribution in [2.24, 2.45) is 0 Å². The molecular formula is C14H23N3O2. The molecule has 0 aliphatic carbocycles. The van der Waals surface area contributed by atoms with Crippen molar-refractivity contribution in [1.82, 2.24) is 4.90 Å². The number of hydrogen-bond acceptors (Lipinski definition) is 5. The van der Waals surface area contributed by atoms with Crippen molar-refractivity contribution >= 4 is 17.3 Å². The third-order valence-corrected chi connectivity index (χ3v) is 2.91. The fraction of sp³-hybridized carbons (Fsp3) is 0.500. The first-order chi connectivity index (χ1) is 9.08. The summed E-state index contributed by atoms with van der Waals surface area (Å²) >= 11 is 0. The highest BCUT2D eigenvalue weighted by atomic mass is 16.5. The van der Waals surface area contributed by atoms with E-state index in [-0.39, 0.29) is 5.97 Å². The van der Waals surface area contributed by atoms with E-state index in [4.69, 9.17) is 10.5 Å². The normalized spacial score (nSPS) is 10.5. The van der Waals surface area contributed by atoms with Gasteiger partial charge in [-0.1, -0.05) is 6.92 Å². The summed E-state index contributed by atoms with van der Waals surface area (Å²) in [4.78, 5) is 13.8. The number of rotatable bonds is 7. The number of nitrogens with one attached hydrogen (secondary N) is 1. The molecule has 19 heavy (non-hydrogen) atoms. The zero-order valence-electron chi connectivity index (χ0n) is 11.9. The number of anilines is 2. The minimum Gasteiger partial charge on any atom is -0.462 e. The molecule has 3 N–H and O–H groups in total. The van der Waals surface area contributed by atoms with E-state index >= 15 is 0 Å². The molecule has 0 amide bonds. The van der Waals surface area contributed by atoms with Crippen molar-refractivity contribution in [2.75, 3.05) is 44.3 Å². The number of ether oxygens (including phenoxy) is 1. The van der Waals surface area contributed by atoms with Gasteiger partial charge in [0.1, 0.15) is 0 Å². The largest absolute Gasteiger partial charge is 0.462 e. The predicted octanol–water partition coefficient (Wildman–Crippen LogP) is 1.81. The minimum atomic E-state index is -0.323. The second-order valence-electron chi connectivity index (χ2n) is 4.35. The Morgan fingerprint density at radius 1 is 1.42 bits per heavy atom. The maximum atomic E-state index is 11.6. The van der Waals surface area contributed by atoms with E-state index in [1.807, 2.05) is 0 Å². The van der Waals surface area contributed by atoms with Crippen molar-refractivity contribution in [3.63, 3.8) is 0 Å². The average Bonchev–Trinajstić information content (AvgIpc) is 2.40. The van der Waals surface area contributed by atoms with Gasteiger partial charge in [0.25, 0.3) is 0 Å². The van der Waals surface area contributed by atoms with Crippen LogP contribution in [0.15, 0.2) is 18.2 Å². The van der Waals surface area contributed by atoms with Crippen molar-refractivity contribution in [2.45, 2.75) is 13.8 Å². The molecule has 1 rings (SSSR count). The summed E-state index contributed by atoms with van der Waals surface area (Å²) in [5.74, 6) is -0.323. The van der Waals surface area contributed by atoms with Crippen LogP contribution in [0, 0.1) is 0 Å². The molecule has 0 saturated carbocycles. The van der Waals surface area contributed by atoms with Gasteiger partial charge in [0.15, 0.2) is 0 Å². The Kier molecular flexibility index (Phi) is 6.15. The van der Waals surface area contributed by atoms with E-state index in [0.29, 0.717) is 17.9 Å². The highest BCUT2D eigenvalue weighted by molar-refractivity contribution is 5.92. The van der Waals surface area contributed by atoms with Crippen LogP contribution in [0.2, 0.25) is 0 Å². The van der Waals surface area contributed by atoms with Crippen LogP contribution in [0.1, 0.15) is 24.2 Å².